The number of aliphatic carboxylic acids is 1. The lowest BCUT2D eigenvalue weighted by molar-refractivity contribution is -0.158. The molecule has 0 saturated carbocycles. The second kappa shape index (κ2) is 9.75. The summed E-state index contributed by atoms with van der Waals surface area (Å²) in [5, 5.41) is 9.40. The number of carboxylic acid groups (broad SMARTS) is 1. The Morgan fingerprint density at radius 1 is 1.29 bits per heavy atom. The highest BCUT2D eigenvalue weighted by Gasteiger charge is 2.36. The molecule has 10 nitrogen and oxygen atoms in total. The summed E-state index contributed by atoms with van der Waals surface area (Å²) in [6.07, 6.45) is 4.18. The summed E-state index contributed by atoms with van der Waals surface area (Å²) in [5.74, 6) is -2.84. The summed E-state index contributed by atoms with van der Waals surface area (Å²) in [6.45, 7) is -0.0896. The van der Waals surface area contributed by atoms with E-state index in [2.05, 4.69) is 9.97 Å². The molecule has 0 unspecified atom stereocenters. The number of hydrogen-bond acceptors (Lipinski definition) is 7. The van der Waals surface area contributed by atoms with Gasteiger partial charge in [-0.15, -0.1) is 0 Å². The van der Waals surface area contributed by atoms with Gasteiger partial charge in [0.1, 0.15) is 6.04 Å². The minimum Gasteiger partial charge on any atom is -0.480 e. The summed E-state index contributed by atoms with van der Waals surface area (Å²) in [4.78, 5) is 43.4. The van der Waals surface area contributed by atoms with Gasteiger partial charge in [0.15, 0.2) is 0 Å². The van der Waals surface area contributed by atoms with E-state index in [9.17, 15) is 19.5 Å². The summed E-state index contributed by atoms with van der Waals surface area (Å²) in [5.41, 5.74) is 17.2. The first-order valence-electron chi connectivity index (χ1n) is 7.64. The molecule has 1 aromatic rings. The molecule has 8 N–H and O–H groups in total. The van der Waals surface area contributed by atoms with Gasteiger partial charge in [-0.25, -0.2) is 9.78 Å². The molecular formula is C14H24N6O4. The number of carbonyl (C=O) groups excluding carboxylic acids is 2. The Labute approximate surface area is 139 Å². The van der Waals surface area contributed by atoms with Crippen LogP contribution >= 0.6 is 0 Å². The zero-order valence-electron chi connectivity index (χ0n) is 13.4. The molecule has 134 valence electrons. The van der Waals surface area contributed by atoms with Crippen LogP contribution in [-0.4, -0.2) is 62.9 Å². The molecule has 0 radical (unpaired) electrons. The average Bonchev–Trinajstić information content (AvgIpc) is 3.05. The van der Waals surface area contributed by atoms with Crippen LogP contribution in [0.25, 0.3) is 0 Å². The first-order chi connectivity index (χ1) is 11.4. The molecule has 0 aliphatic carbocycles. The van der Waals surface area contributed by atoms with Crippen molar-refractivity contribution >= 4 is 17.8 Å². The minimum absolute atomic E-state index is 0.0980. The molecule has 0 aliphatic rings. The number of carbonyl (C=O) groups is 3. The number of rotatable bonds is 10. The molecule has 0 fully saturated rings. The SMILES string of the molecule is NCCCC[C@@H](C(=O)O)N(C(=O)CN)C(=O)[C@@H](N)Cc1cnc[nH]1. The Hall–Kier alpha value is -2.30. The van der Waals surface area contributed by atoms with Crippen LogP contribution in [0.3, 0.4) is 0 Å². The second-order valence-corrected chi connectivity index (χ2v) is 5.33. The van der Waals surface area contributed by atoms with Crippen molar-refractivity contribution in [2.24, 2.45) is 17.2 Å². The molecule has 0 saturated heterocycles. The fourth-order valence-electron chi connectivity index (χ4n) is 2.29. The quantitative estimate of drug-likeness (QED) is 0.308. The first kappa shape index (κ1) is 19.7. The lowest BCUT2D eigenvalue weighted by Gasteiger charge is -2.29. The molecule has 0 spiro atoms. The maximum Gasteiger partial charge on any atom is 0.326 e. The number of hydrogen-bond donors (Lipinski definition) is 5. The third kappa shape index (κ3) is 5.41. The van der Waals surface area contributed by atoms with Gasteiger partial charge in [-0.2, -0.15) is 0 Å². The third-order valence-electron chi connectivity index (χ3n) is 3.52. The number of nitrogens with two attached hydrogens (primary N) is 3. The zero-order chi connectivity index (χ0) is 18.1. The van der Waals surface area contributed by atoms with E-state index in [0.717, 1.165) is 0 Å². The van der Waals surface area contributed by atoms with Gasteiger partial charge in [0.25, 0.3) is 0 Å². The number of aromatic amines is 1. The van der Waals surface area contributed by atoms with Crippen LogP contribution in [0.4, 0.5) is 0 Å². The lowest BCUT2D eigenvalue weighted by Crippen LogP contribution is -2.56. The van der Waals surface area contributed by atoms with Crippen molar-refractivity contribution in [2.75, 3.05) is 13.1 Å². The van der Waals surface area contributed by atoms with Gasteiger partial charge in [0.05, 0.1) is 18.9 Å². The van der Waals surface area contributed by atoms with Crippen molar-refractivity contribution in [3.05, 3.63) is 18.2 Å². The molecule has 1 rings (SSSR count). The zero-order valence-corrected chi connectivity index (χ0v) is 13.4. The van der Waals surface area contributed by atoms with Crippen molar-refractivity contribution in [3.8, 4) is 0 Å². The number of amides is 2. The number of nitrogens with zero attached hydrogens (tertiary/aromatic N) is 2. The molecule has 0 bridgehead atoms. The number of aromatic nitrogens is 2. The Balaban J connectivity index is 2.93. The molecule has 2 amide bonds. The highest BCUT2D eigenvalue weighted by molar-refractivity contribution is 6.02. The smallest absolute Gasteiger partial charge is 0.326 e. The topological polar surface area (TPSA) is 181 Å². The van der Waals surface area contributed by atoms with Crippen LogP contribution in [0.15, 0.2) is 12.5 Å². The fourth-order valence-corrected chi connectivity index (χ4v) is 2.29. The minimum atomic E-state index is -1.31. The van der Waals surface area contributed by atoms with Crippen molar-refractivity contribution < 1.29 is 19.5 Å². The highest BCUT2D eigenvalue weighted by atomic mass is 16.4. The summed E-state index contributed by atoms with van der Waals surface area (Å²) >= 11 is 0. The van der Waals surface area contributed by atoms with Gasteiger partial charge < -0.3 is 27.3 Å². The maximum absolute atomic E-state index is 12.6. The van der Waals surface area contributed by atoms with Gasteiger partial charge in [-0.3, -0.25) is 14.5 Å². The van der Waals surface area contributed by atoms with E-state index >= 15 is 0 Å². The van der Waals surface area contributed by atoms with E-state index in [0.29, 0.717) is 30.0 Å². The number of nitrogens with one attached hydrogen (secondary N) is 1. The van der Waals surface area contributed by atoms with Crippen LogP contribution < -0.4 is 17.2 Å². The monoisotopic (exact) mass is 340 g/mol. The Bertz CT molecular complexity index is 547. The first-order valence-corrected chi connectivity index (χ1v) is 7.64. The molecule has 2 atom stereocenters. The molecule has 0 aromatic carbocycles. The molecule has 0 aliphatic heterocycles. The second-order valence-electron chi connectivity index (χ2n) is 5.33. The Morgan fingerprint density at radius 2 is 2.00 bits per heavy atom. The predicted molar refractivity (Wildman–Crippen MR) is 85.5 cm³/mol. The average molecular weight is 340 g/mol. The Morgan fingerprint density at radius 3 is 2.50 bits per heavy atom. The van der Waals surface area contributed by atoms with Gasteiger partial charge in [-0.1, -0.05) is 0 Å². The number of imide groups is 1. The standard InChI is InChI=1S/C14H24N6O4/c15-4-2-1-3-11(14(23)24)20(12(21)6-16)13(22)10(17)5-9-7-18-8-19-9/h7-8,10-11H,1-6,15-17H2,(H,18,19)(H,23,24)/t10-,11-/m0/s1. The van der Waals surface area contributed by atoms with Crippen molar-refractivity contribution in [1.29, 1.82) is 0 Å². The van der Waals surface area contributed by atoms with Crippen LogP contribution in [-0.2, 0) is 20.8 Å². The van der Waals surface area contributed by atoms with E-state index in [4.69, 9.17) is 17.2 Å². The molecule has 1 aromatic heterocycles. The number of unbranched alkanes of at least 4 members (excludes halogenated alkanes) is 1. The molecule has 1 heterocycles. The van der Waals surface area contributed by atoms with Crippen molar-refractivity contribution in [3.63, 3.8) is 0 Å². The lowest BCUT2D eigenvalue weighted by atomic mass is 10.0. The number of carboxylic acids is 1. The van der Waals surface area contributed by atoms with Gasteiger partial charge in [0.2, 0.25) is 11.8 Å². The van der Waals surface area contributed by atoms with E-state index in [1.807, 2.05) is 0 Å². The van der Waals surface area contributed by atoms with E-state index in [1.54, 1.807) is 0 Å². The number of H-pyrrole nitrogens is 1. The van der Waals surface area contributed by atoms with E-state index < -0.39 is 36.4 Å². The van der Waals surface area contributed by atoms with Gasteiger partial charge in [-0.05, 0) is 25.8 Å². The highest BCUT2D eigenvalue weighted by Crippen LogP contribution is 2.13. The van der Waals surface area contributed by atoms with Crippen LogP contribution in [0, 0.1) is 0 Å². The van der Waals surface area contributed by atoms with Gasteiger partial charge >= 0.3 is 5.97 Å². The largest absolute Gasteiger partial charge is 0.480 e. The maximum atomic E-state index is 12.6. The Kier molecular flexibility index (Phi) is 8.02. The summed E-state index contributed by atoms with van der Waals surface area (Å²) in [6, 6.07) is -2.40. The molecular weight excluding hydrogens is 316 g/mol. The van der Waals surface area contributed by atoms with Crippen molar-refractivity contribution in [2.45, 2.75) is 37.8 Å². The normalized spacial score (nSPS) is 13.3. The van der Waals surface area contributed by atoms with E-state index in [1.165, 1.54) is 12.5 Å². The van der Waals surface area contributed by atoms with Gasteiger partial charge in [0, 0.05) is 18.3 Å². The summed E-state index contributed by atoms with van der Waals surface area (Å²) < 4.78 is 0. The van der Waals surface area contributed by atoms with E-state index in [-0.39, 0.29) is 12.8 Å². The predicted octanol–water partition coefficient (Wildman–Crippen LogP) is -1.82. The molecule has 10 heteroatoms. The fraction of sp³-hybridized carbons (Fsp3) is 0.571. The van der Waals surface area contributed by atoms with Crippen LogP contribution in [0.5, 0.6) is 0 Å². The van der Waals surface area contributed by atoms with Crippen molar-refractivity contribution in [1.82, 2.24) is 14.9 Å². The summed E-state index contributed by atoms with van der Waals surface area (Å²) in [7, 11) is 0. The van der Waals surface area contributed by atoms with Crippen LogP contribution in [0.2, 0.25) is 0 Å². The van der Waals surface area contributed by atoms with Crippen LogP contribution in [0.1, 0.15) is 25.0 Å². The third-order valence-corrected chi connectivity index (χ3v) is 3.52. The molecule has 24 heavy (non-hydrogen) atoms. The number of imidazole rings is 1.